The van der Waals surface area contributed by atoms with Crippen molar-refractivity contribution in [3.05, 3.63) is 0 Å². The Morgan fingerprint density at radius 3 is 2.64 bits per heavy atom. The summed E-state index contributed by atoms with van der Waals surface area (Å²) in [4.78, 5) is 11.2. The third-order valence-electron chi connectivity index (χ3n) is 3.45. The van der Waals surface area contributed by atoms with Gasteiger partial charge < -0.3 is 15.5 Å². The first-order chi connectivity index (χ1) is 6.65. The molecule has 0 aromatic rings. The van der Waals surface area contributed by atoms with Gasteiger partial charge in [-0.2, -0.15) is 0 Å². The Hall–Kier alpha value is -0.610. The van der Waals surface area contributed by atoms with Crippen LogP contribution in [0.3, 0.4) is 0 Å². The van der Waals surface area contributed by atoms with Crippen LogP contribution in [0.15, 0.2) is 0 Å². The molecular weight excluding hydrogens is 182 g/mol. The van der Waals surface area contributed by atoms with Gasteiger partial charge in [-0.1, -0.05) is 12.8 Å². The molecule has 80 valence electrons. The number of piperidine rings is 1. The van der Waals surface area contributed by atoms with E-state index >= 15 is 0 Å². The van der Waals surface area contributed by atoms with Gasteiger partial charge in [-0.25, -0.2) is 0 Å². The van der Waals surface area contributed by atoms with Crippen LogP contribution in [0.1, 0.15) is 25.7 Å². The van der Waals surface area contributed by atoms with Crippen molar-refractivity contribution < 1.29 is 15.0 Å². The maximum absolute atomic E-state index is 11.2. The quantitative estimate of drug-likeness (QED) is 0.608. The predicted molar refractivity (Wildman–Crippen MR) is 50.9 cm³/mol. The lowest BCUT2D eigenvalue weighted by Gasteiger charge is -2.38. The van der Waals surface area contributed by atoms with Crippen LogP contribution in [0.4, 0.5) is 0 Å². The summed E-state index contributed by atoms with van der Waals surface area (Å²) in [5.74, 6) is -0.315. The highest BCUT2D eigenvalue weighted by Crippen LogP contribution is 2.43. The molecule has 1 saturated heterocycles. The van der Waals surface area contributed by atoms with Gasteiger partial charge >= 0.3 is 5.97 Å². The van der Waals surface area contributed by atoms with Gasteiger partial charge in [0.1, 0.15) is 5.41 Å². The lowest BCUT2D eigenvalue weighted by atomic mass is 9.74. The third-order valence-corrected chi connectivity index (χ3v) is 3.45. The summed E-state index contributed by atoms with van der Waals surface area (Å²) in [5.41, 5.74) is -0.917. The second-order valence-corrected chi connectivity index (χ2v) is 4.59. The van der Waals surface area contributed by atoms with Crippen molar-refractivity contribution in [3.8, 4) is 0 Å². The van der Waals surface area contributed by atoms with E-state index in [1.54, 1.807) is 0 Å². The topological polar surface area (TPSA) is 69.6 Å². The lowest BCUT2D eigenvalue weighted by Crippen LogP contribution is -2.54. The van der Waals surface area contributed by atoms with E-state index in [4.69, 9.17) is 0 Å². The Morgan fingerprint density at radius 1 is 1.43 bits per heavy atom. The number of carboxylic acid groups (broad SMARTS) is 1. The number of aliphatic carboxylic acids is 1. The first-order valence-electron chi connectivity index (χ1n) is 5.27. The van der Waals surface area contributed by atoms with E-state index < -0.39 is 17.5 Å². The number of aliphatic hydroxyl groups is 1. The third kappa shape index (κ3) is 1.64. The first-order valence-corrected chi connectivity index (χ1v) is 5.27. The molecule has 2 aliphatic rings. The average molecular weight is 199 g/mol. The van der Waals surface area contributed by atoms with Crippen LogP contribution in [0, 0.1) is 11.3 Å². The molecule has 0 spiro atoms. The molecule has 4 heteroatoms. The molecule has 4 nitrogen and oxygen atoms in total. The van der Waals surface area contributed by atoms with Crippen LogP contribution >= 0.6 is 0 Å². The summed E-state index contributed by atoms with van der Waals surface area (Å²) in [7, 11) is 0. The molecule has 3 N–H and O–H groups in total. The number of carboxylic acids is 1. The monoisotopic (exact) mass is 199 g/mol. The van der Waals surface area contributed by atoms with E-state index in [1.807, 2.05) is 0 Å². The minimum absolute atomic E-state index is 0.417. The molecule has 1 heterocycles. The maximum Gasteiger partial charge on any atom is 0.313 e. The van der Waals surface area contributed by atoms with Crippen molar-refractivity contribution >= 4 is 5.97 Å². The largest absolute Gasteiger partial charge is 0.481 e. The standard InChI is InChI=1S/C10H17NO3/c12-8-3-4-11-6-10(8,9(13)14)5-7-1-2-7/h7-8,11-12H,1-6H2,(H,13,14)/t8-,10+/m1/s1. The molecule has 0 unspecified atom stereocenters. The Bertz CT molecular complexity index is 240. The SMILES string of the molecule is O=C(O)[C@@]1(CC2CC2)CNCC[C@H]1O. The highest BCUT2D eigenvalue weighted by Gasteiger charge is 2.49. The van der Waals surface area contributed by atoms with Gasteiger partial charge in [-0.3, -0.25) is 4.79 Å². The van der Waals surface area contributed by atoms with Crippen molar-refractivity contribution in [1.82, 2.24) is 5.32 Å². The van der Waals surface area contributed by atoms with Crippen LogP contribution in [-0.4, -0.2) is 35.4 Å². The van der Waals surface area contributed by atoms with E-state index in [0.717, 1.165) is 19.4 Å². The first kappa shape index (κ1) is 9.93. The Morgan fingerprint density at radius 2 is 2.14 bits per heavy atom. The number of aliphatic hydroxyl groups excluding tert-OH is 1. The van der Waals surface area contributed by atoms with Crippen molar-refractivity contribution in [2.75, 3.05) is 13.1 Å². The van der Waals surface area contributed by atoms with Gasteiger partial charge in [0, 0.05) is 6.54 Å². The van der Waals surface area contributed by atoms with E-state index in [9.17, 15) is 15.0 Å². The highest BCUT2D eigenvalue weighted by molar-refractivity contribution is 5.76. The molecule has 14 heavy (non-hydrogen) atoms. The zero-order valence-electron chi connectivity index (χ0n) is 8.20. The Balaban J connectivity index is 2.13. The van der Waals surface area contributed by atoms with Gasteiger partial charge in [0.05, 0.1) is 6.10 Å². The predicted octanol–water partition coefficient (Wildman–Crippen LogP) is 0.212. The van der Waals surface area contributed by atoms with Crippen molar-refractivity contribution in [1.29, 1.82) is 0 Å². The van der Waals surface area contributed by atoms with Crippen LogP contribution in [0.2, 0.25) is 0 Å². The summed E-state index contributed by atoms with van der Waals surface area (Å²) in [5, 5.41) is 22.2. The fraction of sp³-hybridized carbons (Fsp3) is 0.900. The zero-order chi connectivity index (χ0) is 10.2. The summed E-state index contributed by atoms with van der Waals surface area (Å²) in [6.45, 7) is 1.14. The minimum Gasteiger partial charge on any atom is -0.481 e. The Kier molecular flexibility index (Phi) is 2.49. The molecule has 1 saturated carbocycles. The molecule has 2 atom stereocenters. The maximum atomic E-state index is 11.2. The summed E-state index contributed by atoms with van der Waals surface area (Å²) in [6.07, 6.45) is 2.76. The highest BCUT2D eigenvalue weighted by atomic mass is 16.4. The number of nitrogens with one attached hydrogen (secondary N) is 1. The molecule has 1 aliphatic heterocycles. The molecule has 0 bridgehead atoms. The minimum atomic E-state index is -0.917. The summed E-state index contributed by atoms with van der Waals surface area (Å²) >= 11 is 0. The molecule has 0 amide bonds. The van der Waals surface area contributed by atoms with Gasteiger partial charge in [0.2, 0.25) is 0 Å². The van der Waals surface area contributed by atoms with Crippen molar-refractivity contribution in [2.24, 2.45) is 11.3 Å². The molecule has 2 fully saturated rings. The van der Waals surface area contributed by atoms with Gasteiger partial charge in [0.15, 0.2) is 0 Å². The van der Waals surface area contributed by atoms with E-state index in [0.29, 0.717) is 25.3 Å². The van der Waals surface area contributed by atoms with Crippen LogP contribution in [-0.2, 0) is 4.79 Å². The zero-order valence-corrected chi connectivity index (χ0v) is 8.20. The molecule has 0 aromatic heterocycles. The van der Waals surface area contributed by atoms with Gasteiger partial charge in [-0.05, 0) is 25.3 Å². The summed E-state index contributed by atoms with van der Waals surface area (Å²) < 4.78 is 0. The molecule has 0 aromatic carbocycles. The smallest absolute Gasteiger partial charge is 0.313 e. The van der Waals surface area contributed by atoms with Crippen LogP contribution < -0.4 is 5.32 Å². The number of rotatable bonds is 3. The molecule has 2 rings (SSSR count). The van der Waals surface area contributed by atoms with Crippen molar-refractivity contribution in [2.45, 2.75) is 31.8 Å². The second-order valence-electron chi connectivity index (χ2n) is 4.59. The summed E-state index contributed by atoms with van der Waals surface area (Å²) in [6, 6.07) is 0. The molecular formula is C10H17NO3. The fourth-order valence-corrected chi connectivity index (χ4v) is 2.30. The van der Waals surface area contributed by atoms with E-state index in [-0.39, 0.29) is 0 Å². The average Bonchev–Trinajstić information content (AvgIpc) is 2.92. The number of hydrogen-bond donors (Lipinski definition) is 3. The molecule has 0 radical (unpaired) electrons. The normalized spacial score (nSPS) is 38.2. The lowest BCUT2D eigenvalue weighted by molar-refractivity contribution is -0.159. The molecule has 1 aliphatic carbocycles. The van der Waals surface area contributed by atoms with Crippen molar-refractivity contribution in [3.63, 3.8) is 0 Å². The second kappa shape index (κ2) is 3.51. The van der Waals surface area contributed by atoms with E-state index in [1.165, 1.54) is 0 Å². The Labute approximate surface area is 83.3 Å². The van der Waals surface area contributed by atoms with Gasteiger partial charge in [-0.15, -0.1) is 0 Å². The van der Waals surface area contributed by atoms with Crippen LogP contribution in [0.5, 0.6) is 0 Å². The fourth-order valence-electron chi connectivity index (χ4n) is 2.30. The van der Waals surface area contributed by atoms with Crippen LogP contribution in [0.25, 0.3) is 0 Å². The number of hydrogen-bond acceptors (Lipinski definition) is 3. The van der Waals surface area contributed by atoms with E-state index in [2.05, 4.69) is 5.32 Å². The number of carbonyl (C=O) groups is 1. The van der Waals surface area contributed by atoms with Gasteiger partial charge in [0.25, 0.3) is 0 Å².